The number of aromatic nitrogens is 3. The van der Waals surface area contributed by atoms with Crippen LogP contribution in [-0.2, 0) is 9.47 Å². The van der Waals surface area contributed by atoms with Gasteiger partial charge < -0.3 is 39.0 Å². The van der Waals surface area contributed by atoms with Crippen LogP contribution in [0.3, 0.4) is 0 Å². The van der Waals surface area contributed by atoms with Crippen molar-refractivity contribution >= 4 is 27.5 Å². The molecule has 2 bridgehead atoms. The molecule has 1 aliphatic carbocycles. The number of β-amino-alcohol motifs (C(OH)–C–C–N with tert-alkyl or cyclic N) is 1. The van der Waals surface area contributed by atoms with E-state index in [1.807, 2.05) is 4.90 Å². The summed E-state index contributed by atoms with van der Waals surface area (Å²) in [4.78, 5) is 18.6. The molecule has 2 aromatic heterocycles. The number of aromatic hydroxyl groups is 1. The van der Waals surface area contributed by atoms with Crippen LogP contribution in [-0.4, -0.2) is 108 Å². The second-order valence-corrected chi connectivity index (χ2v) is 15.8. The fourth-order valence-corrected chi connectivity index (χ4v) is 9.17. The maximum absolute atomic E-state index is 17.3. The van der Waals surface area contributed by atoms with Gasteiger partial charge in [-0.05, 0) is 81.5 Å². The molecule has 4 aliphatic rings. The molecule has 54 heavy (non-hydrogen) atoms. The third-order valence-electron chi connectivity index (χ3n) is 11.7. The van der Waals surface area contributed by atoms with E-state index in [4.69, 9.17) is 35.3 Å². The van der Waals surface area contributed by atoms with Gasteiger partial charge in [-0.25, -0.2) is 13.8 Å². The molecule has 0 radical (unpaired) electrons. The zero-order valence-electron chi connectivity index (χ0n) is 30.9. The van der Waals surface area contributed by atoms with E-state index in [1.165, 1.54) is 31.4 Å². The number of anilines is 1. The van der Waals surface area contributed by atoms with Gasteiger partial charge >= 0.3 is 6.01 Å². The average molecular weight is 744 g/mol. The van der Waals surface area contributed by atoms with E-state index in [0.717, 1.165) is 71.2 Å². The van der Waals surface area contributed by atoms with Crippen molar-refractivity contribution in [3.05, 3.63) is 41.5 Å². The maximum atomic E-state index is 17.3. The molecule has 2 N–H and O–H groups in total. The minimum absolute atomic E-state index is 0.00634. The number of aliphatic hydroxyl groups is 1. The summed E-state index contributed by atoms with van der Waals surface area (Å²) < 4.78 is 56.1. The van der Waals surface area contributed by atoms with Crippen molar-refractivity contribution in [2.24, 2.45) is 11.3 Å². The monoisotopic (exact) mass is 743 g/mol. The van der Waals surface area contributed by atoms with Crippen LogP contribution in [0.15, 0.2) is 24.3 Å². The van der Waals surface area contributed by atoms with Crippen LogP contribution in [0.25, 0.3) is 32.9 Å². The highest BCUT2D eigenvalue weighted by molar-refractivity contribution is 6.04. The van der Waals surface area contributed by atoms with Crippen molar-refractivity contribution in [1.29, 1.82) is 0 Å². The number of hydrogen-bond acceptors (Lipinski definition) is 11. The van der Waals surface area contributed by atoms with Gasteiger partial charge in [0.25, 0.3) is 0 Å². The first-order valence-corrected chi connectivity index (χ1v) is 18.9. The van der Waals surface area contributed by atoms with Crippen LogP contribution in [0, 0.1) is 35.3 Å². The van der Waals surface area contributed by atoms with Crippen molar-refractivity contribution < 1.29 is 37.9 Å². The molecule has 3 saturated heterocycles. The lowest BCUT2D eigenvalue weighted by Crippen LogP contribution is -2.44. The molecule has 1 saturated carbocycles. The molecule has 0 amide bonds. The summed E-state index contributed by atoms with van der Waals surface area (Å²) in [7, 11) is 1.40. The number of phenolic OH excluding ortho intramolecular Hbond substituents is 1. The fourth-order valence-electron chi connectivity index (χ4n) is 9.17. The molecule has 0 spiro atoms. The predicted octanol–water partition coefficient (Wildman–Crippen LogP) is 5.85. The number of hydrogen-bond donors (Lipinski definition) is 2. The number of halogens is 2. The molecule has 4 aromatic rings. The Morgan fingerprint density at radius 2 is 1.91 bits per heavy atom. The largest absolute Gasteiger partial charge is 0.508 e. The Labute approximate surface area is 313 Å². The molecule has 13 heteroatoms. The van der Waals surface area contributed by atoms with E-state index < -0.39 is 17.2 Å². The topological polar surface area (TPSA) is 123 Å². The van der Waals surface area contributed by atoms with Crippen LogP contribution < -0.4 is 14.4 Å². The Kier molecular flexibility index (Phi) is 9.98. The van der Waals surface area contributed by atoms with Crippen molar-refractivity contribution in [1.82, 2.24) is 19.9 Å². The van der Waals surface area contributed by atoms with E-state index in [9.17, 15) is 10.2 Å². The van der Waals surface area contributed by atoms with Crippen LogP contribution in [0.5, 0.6) is 17.6 Å². The standard InChI is InChI=1S/C41H47F2N5O6/c1-4-29-31(42)9-8-26-17-28(49)18-30(32(26)29)35-34(43)36-33(38(44-35)51-3)37(48-14-16-53-23-40(2,50)22-48)46-39(45-36)54-24-41-11-5-7-27(19-41)47(13-6-12-41)20-25-10-15-52-21-25/h1,8-9,17-18,25,27,49-50H,5-7,10-16,19-24H2,2-3H3/t25?,27-,40-,41-/m0/s1. The molecule has 4 atom stereocenters. The molecule has 286 valence electrons. The summed E-state index contributed by atoms with van der Waals surface area (Å²) in [6.45, 7) is 6.68. The number of fused-ring (bicyclic) bond motifs is 4. The Morgan fingerprint density at radius 1 is 1.06 bits per heavy atom. The molecular formula is C41H47F2N5O6. The minimum atomic E-state index is -1.24. The minimum Gasteiger partial charge on any atom is -0.508 e. The van der Waals surface area contributed by atoms with E-state index in [1.54, 1.807) is 6.92 Å². The van der Waals surface area contributed by atoms with E-state index in [2.05, 4.69) is 15.8 Å². The summed E-state index contributed by atoms with van der Waals surface area (Å²) in [6.07, 6.45) is 13.2. The number of terminal acetylenes is 1. The van der Waals surface area contributed by atoms with Gasteiger partial charge in [0.05, 0.1) is 45.6 Å². The van der Waals surface area contributed by atoms with Crippen LogP contribution in [0.4, 0.5) is 14.6 Å². The third-order valence-corrected chi connectivity index (χ3v) is 11.7. The van der Waals surface area contributed by atoms with Crippen LogP contribution in [0.2, 0.25) is 0 Å². The summed E-state index contributed by atoms with van der Waals surface area (Å²) in [5.41, 5.74) is -1.72. The van der Waals surface area contributed by atoms with Gasteiger partial charge in [0.15, 0.2) is 5.82 Å². The molecule has 2 aromatic carbocycles. The lowest BCUT2D eigenvalue weighted by Gasteiger charge is -2.42. The molecule has 5 heterocycles. The number of benzene rings is 2. The molecule has 4 fully saturated rings. The van der Waals surface area contributed by atoms with Crippen molar-refractivity contribution in [3.8, 4) is 41.2 Å². The lowest BCUT2D eigenvalue weighted by molar-refractivity contribution is -0.0123. The fraction of sp³-hybridized carbons (Fsp3) is 0.537. The van der Waals surface area contributed by atoms with Crippen LogP contribution >= 0.6 is 0 Å². The first-order valence-electron chi connectivity index (χ1n) is 18.9. The highest BCUT2D eigenvalue weighted by Crippen LogP contribution is 2.46. The zero-order valence-corrected chi connectivity index (χ0v) is 30.9. The summed E-state index contributed by atoms with van der Waals surface area (Å²) in [5.74, 6) is 1.52. The van der Waals surface area contributed by atoms with Gasteiger partial charge in [0.2, 0.25) is 5.88 Å². The number of likely N-dealkylation sites (tertiary alicyclic amines) is 1. The smallest absolute Gasteiger partial charge is 0.319 e. The van der Waals surface area contributed by atoms with E-state index in [-0.39, 0.29) is 81.7 Å². The van der Waals surface area contributed by atoms with Gasteiger partial charge in [-0.1, -0.05) is 18.4 Å². The van der Waals surface area contributed by atoms with Crippen molar-refractivity contribution in [2.75, 3.05) is 71.2 Å². The average Bonchev–Trinajstić information content (AvgIpc) is 3.56. The number of nitrogens with zero attached hydrogens (tertiary/aromatic N) is 5. The number of pyridine rings is 1. The normalized spacial score (nSPS) is 26.4. The Bertz CT molecular complexity index is 2100. The lowest BCUT2D eigenvalue weighted by atomic mass is 9.70. The van der Waals surface area contributed by atoms with Crippen molar-refractivity contribution in [2.45, 2.75) is 63.5 Å². The SMILES string of the molecule is C#Cc1c(F)ccc2cc(O)cc(-c3nc(OC)c4c(N5CCOC[C@@](C)(O)C5)nc(OC[C@]56CCC[C@@H](C5)N(CC5CCOC5)CCC6)nc4c3F)c12. The predicted molar refractivity (Wildman–Crippen MR) is 200 cm³/mol. The van der Waals surface area contributed by atoms with E-state index in [0.29, 0.717) is 30.5 Å². The summed E-state index contributed by atoms with van der Waals surface area (Å²) in [5, 5.41) is 22.7. The number of phenols is 1. The highest BCUT2D eigenvalue weighted by atomic mass is 19.1. The molecule has 8 rings (SSSR count). The van der Waals surface area contributed by atoms with Crippen LogP contribution in [0.1, 0.15) is 57.4 Å². The third kappa shape index (κ3) is 7.01. The number of methoxy groups -OCH3 is 1. The Hall–Kier alpha value is -4.35. The Balaban J connectivity index is 1.23. The molecule has 11 nitrogen and oxygen atoms in total. The first kappa shape index (κ1) is 36.6. The second kappa shape index (κ2) is 14.7. The van der Waals surface area contributed by atoms with E-state index >= 15 is 8.78 Å². The summed E-state index contributed by atoms with van der Waals surface area (Å²) in [6, 6.07) is 5.85. The van der Waals surface area contributed by atoms with Gasteiger partial charge in [-0.2, -0.15) is 9.97 Å². The molecule has 3 aliphatic heterocycles. The second-order valence-electron chi connectivity index (χ2n) is 15.8. The Morgan fingerprint density at radius 3 is 2.70 bits per heavy atom. The van der Waals surface area contributed by atoms with Gasteiger partial charge in [0, 0.05) is 42.1 Å². The van der Waals surface area contributed by atoms with Gasteiger partial charge in [0.1, 0.15) is 39.6 Å². The molecule has 1 unspecified atom stereocenters. The number of rotatable bonds is 8. The first-order chi connectivity index (χ1) is 26.1. The molecular weight excluding hydrogens is 696 g/mol. The van der Waals surface area contributed by atoms with Gasteiger partial charge in [-0.15, -0.1) is 6.42 Å². The highest BCUT2D eigenvalue weighted by Gasteiger charge is 2.42. The number of ether oxygens (including phenoxy) is 4. The quantitative estimate of drug-likeness (QED) is 0.212. The maximum Gasteiger partial charge on any atom is 0.319 e. The zero-order chi connectivity index (χ0) is 37.6. The van der Waals surface area contributed by atoms with Gasteiger partial charge in [-0.3, -0.25) is 0 Å². The summed E-state index contributed by atoms with van der Waals surface area (Å²) >= 11 is 0. The van der Waals surface area contributed by atoms with Crippen molar-refractivity contribution in [3.63, 3.8) is 0 Å².